The summed E-state index contributed by atoms with van der Waals surface area (Å²) in [6.45, 7) is 2.26. The van der Waals surface area contributed by atoms with E-state index in [9.17, 15) is 10.1 Å². The van der Waals surface area contributed by atoms with E-state index in [-0.39, 0.29) is 21.8 Å². The van der Waals surface area contributed by atoms with Gasteiger partial charge in [0.05, 0.1) is 20.7 Å². The number of nitrogens with zero attached hydrogens (tertiary/aromatic N) is 1. The van der Waals surface area contributed by atoms with E-state index in [4.69, 9.17) is 28.9 Å². The van der Waals surface area contributed by atoms with E-state index in [0.717, 1.165) is 0 Å². The van der Waals surface area contributed by atoms with Crippen LogP contribution in [0.2, 0.25) is 10.0 Å². The van der Waals surface area contributed by atoms with Crippen LogP contribution in [0.3, 0.4) is 0 Å². The van der Waals surface area contributed by atoms with Crippen molar-refractivity contribution in [1.82, 2.24) is 0 Å². The first-order valence-corrected chi connectivity index (χ1v) is 5.31. The summed E-state index contributed by atoms with van der Waals surface area (Å²) in [6, 6.07) is 2.48. The largest absolute Gasteiger partial charge is 0.379 e. The molecule has 88 valence electrons. The number of hydrogen-bond acceptors (Lipinski definition) is 4. The Labute approximate surface area is 103 Å². The second kappa shape index (κ2) is 5.34. The molecule has 0 radical (unpaired) electrons. The van der Waals surface area contributed by atoms with Crippen LogP contribution in [0.1, 0.15) is 6.92 Å². The standard InChI is InChI=1S/C9H11Cl2N3O2/c1-5(4-12)13-9-7(10)2-6(14(15)16)3-8(9)11/h2-3,5,13H,4,12H2,1H3. The molecule has 0 spiro atoms. The molecule has 3 N–H and O–H groups in total. The van der Waals surface area contributed by atoms with Gasteiger partial charge in [-0.3, -0.25) is 10.1 Å². The molecule has 0 aromatic heterocycles. The van der Waals surface area contributed by atoms with Crippen molar-refractivity contribution < 1.29 is 4.92 Å². The molecular formula is C9H11Cl2N3O2. The van der Waals surface area contributed by atoms with Crippen LogP contribution >= 0.6 is 23.2 Å². The van der Waals surface area contributed by atoms with Crippen LogP contribution in [-0.2, 0) is 0 Å². The number of nitrogens with two attached hydrogens (primary N) is 1. The SMILES string of the molecule is CC(CN)Nc1c(Cl)cc([N+](=O)[O-])cc1Cl. The van der Waals surface area contributed by atoms with Crippen LogP contribution in [0, 0.1) is 10.1 Å². The monoisotopic (exact) mass is 263 g/mol. The van der Waals surface area contributed by atoms with Crippen molar-refractivity contribution in [2.45, 2.75) is 13.0 Å². The third-order valence-electron chi connectivity index (χ3n) is 1.98. The molecule has 5 nitrogen and oxygen atoms in total. The average molecular weight is 264 g/mol. The molecule has 1 unspecified atom stereocenters. The topological polar surface area (TPSA) is 81.2 Å². The molecule has 1 atom stereocenters. The van der Waals surface area contributed by atoms with E-state index >= 15 is 0 Å². The second-order valence-corrected chi connectivity index (χ2v) is 4.14. The van der Waals surface area contributed by atoms with Crippen molar-refractivity contribution in [2.75, 3.05) is 11.9 Å². The van der Waals surface area contributed by atoms with Crippen molar-refractivity contribution in [3.8, 4) is 0 Å². The van der Waals surface area contributed by atoms with Gasteiger partial charge in [-0.1, -0.05) is 23.2 Å². The third kappa shape index (κ3) is 2.98. The summed E-state index contributed by atoms with van der Waals surface area (Å²) in [7, 11) is 0. The molecule has 7 heteroatoms. The van der Waals surface area contributed by atoms with E-state index in [1.807, 2.05) is 6.92 Å². The Kier molecular flexibility index (Phi) is 4.35. The maximum absolute atomic E-state index is 10.5. The molecule has 0 aliphatic rings. The van der Waals surface area contributed by atoms with Crippen LogP contribution in [0.5, 0.6) is 0 Å². The molecule has 1 aromatic carbocycles. The summed E-state index contributed by atoms with van der Waals surface area (Å²) < 4.78 is 0. The Morgan fingerprint density at radius 1 is 1.50 bits per heavy atom. The van der Waals surface area contributed by atoms with Crippen molar-refractivity contribution in [3.63, 3.8) is 0 Å². The van der Waals surface area contributed by atoms with Crippen LogP contribution < -0.4 is 11.1 Å². The van der Waals surface area contributed by atoms with Gasteiger partial charge in [-0.2, -0.15) is 0 Å². The summed E-state index contributed by atoms with van der Waals surface area (Å²) in [6.07, 6.45) is 0. The van der Waals surface area contributed by atoms with Gasteiger partial charge in [-0.25, -0.2) is 0 Å². The molecule has 0 heterocycles. The fourth-order valence-corrected chi connectivity index (χ4v) is 1.69. The van der Waals surface area contributed by atoms with E-state index in [0.29, 0.717) is 12.2 Å². The van der Waals surface area contributed by atoms with Crippen molar-refractivity contribution in [3.05, 3.63) is 32.3 Å². The Morgan fingerprint density at radius 2 is 2.00 bits per heavy atom. The highest BCUT2D eigenvalue weighted by atomic mass is 35.5. The predicted molar refractivity (Wildman–Crippen MR) is 65.3 cm³/mol. The van der Waals surface area contributed by atoms with Crippen molar-refractivity contribution in [2.24, 2.45) is 5.73 Å². The number of non-ortho nitro benzene ring substituents is 1. The molecule has 0 aliphatic carbocycles. The van der Waals surface area contributed by atoms with Gasteiger partial charge in [0.2, 0.25) is 0 Å². The lowest BCUT2D eigenvalue weighted by Crippen LogP contribution is -2.25. The minimum atomic E-state index is -0.548. The zero-order chi connectivity index (χ0) is 12.3. The highest BCUT2D eigenvalue weighted by Gasteiger charge is 2.15. The summed E-state index contributed by atoms with van der Waals surface area (Å²) >= 11 is 11.8. The normalized spacial score (nSPS) is 12.2. The third-order valence-corrected chi connectivity index (χ3v) is 2.58. The lowest BCUT2D eigenvalue weighted by atomic mass is 10.2. The van der Waals surface area contributed by atoms with Crippen LogP contribution in [0.25, 0.3) is 0 Å². The number of nitrogens with one attached hydrogen (secondary N) is 1. The predicted octanol–water partition coefficient (Wildman–Crippen LogP) is 2.66. The lowest BCUT2D eigenvalue weighted by molar-refractivity contribution is -0.384. The Balaban J connectivity index is 3.07. The Bertz CT molecular complexity index is 389. The van der Waals surface area contributed by atoms with Crippen LogP contribution in [0.15, 0.2) is 12.1 Å². The fraction of sp³-hybridized carbons (Fsp3) is 0.333. The molecule has 16 heavy (non-hydrogen) atoms. The molecule has 1 rings (SSSR count). The number of benzene rings is 1. The summed E-state index contributed by atoms with van der Waals surface area (Å²) in [4.78, 5) is 10.00. The van der Waals surface area contributed by atoms with Crippen molar-refractivity contribution in [1.29, 1.82) is 0 Å². The number of nitro benzene ring substituents is 1. The average Bonchev–Trinajstić information content (AvgIpc) is 2.22. The van der Waals surface area contributed by atoms with Gasteiger partial charge in [-0.15, -0.1) is 0 Å². The fourth-order valence-electron chi connectivity index (χ4n) is 1.11. The van der Waals surface area contributed by atoms with Gasteiger partial charge in [-0.05, 0) is 6.92 Å². The number of nitro groups is 1. The molecule has 0 aliphatic heterocycles. The summed E-state index contributed by atoms with van der Waals surface area (Å²) in [5.41, 5.74) is 5.77. The van der Waals surface area contributed by atoms with Crippen LogP contribution in [-0.4, -0.2) is 17.5 Å². The highest BCUT2D eigenvalue weighted by molar-refractivity contribution is 6.39. The zero-order valence-corrected chi connectivity index (χ0v) is 10.0. The van der Waals surface area contributed by atoms with E-state index in [1.165, 1.54) is 12.1 Å². The van der Waals surface area contributed by atoms with Crippen LogP contribution in [0.4, 0.5) is 11.4 Å². The first kappa shape index (κ1) is 13.0. The zero-order valence-electron chi connectivity index (χ0n) is 8.54. The number of rotatable bonds is 4. The molecule has 0 fully saturated rings. The lowest BCUT2D eigenvalue weighted by Gasteiger charge is -2.15. The van der Waals surface area contributed by atoms with Gasteiger partial charge in [0.25, 0.3) is 5.69 Å². The molecule has 0 saturated heterocycles. The van der Waals surface area contributed by atoms with Gasteiger partial charge >= 0.3 is 0 Å². The maximum atomic E-state index is 10.5. The van der Waals surface area contributed by atoms with E-state index in [1.54, 1.807) is 0 Å². The molecule has 0 saturated carbocycles. The number of anilines is 1. The van der Waals surface area contributed by atoms with Gasteiger partial charge in [0, 0.05) is 24.7 Å². The minimum absolute atomic E-state index is 0.0172. The molecule has 0 bridgehead atoms. The van der Waals surface area contributed by atoms with Gasteiger partial charge in [0.1, 0.15) is 0 Å². The first-order valence-electron chi connectivity index (χ1n) is 4.55. The quantitative estimate of drug-likeness (QED) is 0.647. The minimum Gasteiger partial charge on any atom is -0.379 e. The van der Waals surface area contributed by atoms with E-state index < -0.39 is 4.92 Å². The molecule has 1 aromatic rings. The van der Waals surface area contributed by atoms with Gasteiger partial charge in [0.15, 0.2) is 0 Å². The smallest absolute Gasteiger partial charge is 0.272 e. The molecular weight excluding hydrogens is 253 g/mol. The Hall–Kier alpha value is -1.04. The first-order chi connectivity index (χ1) is 7.45. The highest BCUT2D eigenvalue weighted by Crippen LogP contribution is 2.34. The Morgan fingerprint density at radius 3 is 2.38 bits per heavy atom. The number of hydrogen-bond donors (Lipinski definition) is 2. The van der Waals surface area contributed by atoms with E-state index in [2.05, 4.69) is 5.32 Å². The number of halogens is 2. The maximum Gasteiger partial charge on any atom is 0.272 e. The summed E-state index contributed by atoms with van der Waals surface area (Å²) in [5, 5.41) is 13.9. The second-order valence-electron chi connectivity index (χ2n) is 3.32. The van der Waals surface area contributed by atoms with Gasteiger partial charge < -0.3 is 11.1 Å². The van der Waals surface area contributed by atoms with Crippen molar-refractivity contribution >= 4 is 34.6 Å². The summed E-state index contributed by atoms with van der Waals surface area (Å²) in [5.74, 6) is 0. The molecule has 0 amide bonds.